The number of β-lactam (4-membered cyclic amide) rings is 1. The van der Waals surface area contributed by atoms with Crippen LogP contribution in [0.4, 0.5) is 9.59 Å². The molecule has 35 heavy (non-hydrogen) atoms. The zero-order chi connectivity index (χ0) is 25.5. The van der Waals surface area contributed by atoms with Gasteiger partial charge in [0.05, 0.1) is 4.75 Å². The van der Waals surface area contributed by atoms with Crippen LogP contribution in [-0.4, -0.2) is 86.1 Å². The number of carbonyl (C=O) groups excluding carboxylic acids is 5. The van der Waals surface area contributed by atoms with E-state index in [0.29, 0.717) is 5.56 Å². The normalized spacial score (nSPS) is 27.3. The Kier molecular flexibility index (Phi) is 6.09. The third-order valence-electron chi connectivity index (χ3n) is 6.33. The molecule has 1 aromatic rings. The molecule has 3 heterocycles. The van der Waals surface area contributed by atoms with Gasteiger partial charge in [-0.3, -0.25) is 19.3 Å². The highest BCUT2D eigenvalue weighted by Crippen LogP contribution is 2.55. The molecule has 3 aliphatic heterocycles. The van der Waals surface area contributed by atoms with Crippen molar-refractivity contribution in [3.05, 3.63) is 35.9 Å². The van der Waals surface area contributed by atoms with Crippen molar-refractivity contribution in [3.8, 4) is 0 Å². The summed E-state index contributed by atoms with van der Waals surface area (Å²) < 4.78 is -1.12. The molecule has 0 aromatic heterocycles. The van der Waals surface area contributed by atoms with E-state index in [1.807, 2.05) is 0 Å². The van der Waals surface area contributed by atoms with Gasteiger partial charge in [-0.15, -0.1) is 11.8 Å². The number of urea groups is 2. The number of hydrogen-bond donors (Lipinski definition) is 5. The van der Waals surface area contributed by atoms with Crippen LogP contribution in [-0.2, 0) is 19.2 Å². The molecule has 3 saturated heterocycles. The molecular formula is C21H24N6O7S. The lowest BCUT2D eigenvalue weighted by molar-refractivity contribution is -0.175. The van der Waals surface area contributed by atoms with Gasteiger partial charge >= 0.3 is 18.0 Å². The molecule has 186 valence electrons. The molecule has 0 spiro atoms. The van der Waals surface area contributed by atoms with E-state index in [4.69, 9.17) is 0 Å². The molecule has 0 bridgehead atoms. The zero-order valence-corrected chi connectivity index (χ0v) is 19.6. The summed E-state index contributed by atoms with van der Waals surface area (Å²) in [5.74, 6) is -2.80. The van der Waals surface area contributed by atoms with Gasteiger partial charge in [0.1, 0.15) is 17.5 Å². The molecule has 0 saturated carbocycles. The first-order valence-electron chi connectivity index (χ1n) is 10.7. The van der Waals surface area contributed by atoms with Crippen molar-refractivity contribution in [2.75, 3.05) is 13.1 Å². The Morgan fingerprint density at radius 1 is 1.23 bits per heavy atom. The topological polar surface area (TPSA) is 177 Å². The minimum atomic E-state index is -1.99. The average Bonchev–Trinajstić information content (AvgIpc) is 3.34. The standard InChI is InChI=1S/C21H24N6O7S/c1-20(2)21(17(31)32,23-10-28)27-15(30)13(16(27)35-20)24-14(29)12(11-6-4-3-5-7-11)25-19(34)26-9-8-22-18(26)33/h3-7,10,12-13,16H,8-9H2,1-2H3,(H,22,33)(H,23,28)(H,24,29)(H,25,34)(H,31,32)/t12?,13-,16+,21-/m0/s1. The number of hydrogen-bond acceptors (Lipinski definition) is 7. The van der Waals surface area contributed by atoms with Crippen LogP contribution < -0.4 is 21.3 Å². The van der Waals surface area contributed by atoms with Crippen LogP contribution in [0.15, 0.2) is 30.3 Å². The Labute approximate surface area is 203 Å². The summed E-state index contributed by atoms with van der Waals surface area (Å²) in [6.07, 6.45) is 0.230. The van der Waals surface area contributed by atoms with Gasteiger partial charge in [-0.25, -0.2) is 19.3 Å². The lowest BCUT2D eigenvalue weighted by Gasteiger charge is -2.49. The molecule has 4 rings (SSSR count). The van der Waals surface area contributed by atoms with Crippen LogP contribution in [0.1, 0.15) is 25.5 Å². The SMILES string of the molecule is CC1(C)S[C@@H]2[C@@H](NC(=O)C(NC(=O)N3CCNC3=O)c3ccccc3)C(=O)N2[C@@]1(NC=O)C(=O)O. The third-order valence-corrected chi connectivity index (χ3v) is 7.94. The van der Waals surface area contributed by atoms with Gasteiger partial charge in [-0.05, 0) is 19.4 Å². The van der Waals surface area contributed by atoms with Crippen LogP contribution in [0, 0.1) is 0 Å². The van der Waals surface area contributed by atoms with Crippen molar-refractivity contribution in [1.82, 2.24) is 31.1 Å². The lowest BCUT2D eigenvalue weighted by atomic mass is 9.88. The number of nitrogens with zero attached hydrogens (tertiary/aromatic N) is 2. The summed E-state index contributed by atoms with van der Waals surface area (Å²) in [5.41, 5.74) is -1.57. The second-order valence-electron chi connectivity index (χ2n) is 8.67. The van der Waals surface area contributed by atoms with Crippen LogP contribution in [0.25, 0.3) is 0 Å². The molecular weight excluding hydrogens is 480 g/mol. The number of thioether (sulfide) groups is 1. The van der Waals surface area contributed by atoms with Crippen molar-refractivity contribution in [2.45, 2.75) is 41.7 Å². The highest BCUT2D eigenvalue weighted by Gasteiger charge is 2.73. The molecule has 1 aromatic carbocycles. The third kappa shape index (κ3) is 3.73. The van der Waals surface area contributed by atoms with E-state index in [-0.39, 0.29) is 19.5 Å². The fourth-order valence-electron chi connectivity index (χ4n) is 4.55. The number of aliphatic carboxylic acids is 1. The zero-order valence-electron chi connectivity index (χ0n) is 18.8. The number of amides is 7. The van der Waals surface area contributed by atoms with Crippen molar-refractivity contribution in [2.24, 2.45) is 0 Å². The number of carbonyl (C=O) groups is 6. The van der Waals surface area contributed by atoms with Gasteiger partial charge in [0, 0.05) is 13.1 Å². The predicted molar refractivity (Wildman–Crippen MR) is 122 cm³/mol. The van der Waals surface area contributed by atoms with Crippen molar-refractivity contribution < 1.29 is 33.9 Å². The number of nitrogens with one attached hydrogen (secondary N) is 4. The average molecular weight is 505 g/mol. The Balaban J connectivity index is 1.56. The van der Waals surface area contributed by atoms with Gasteiger partial charge < -0.3 is 26.4 Å². The maximum atomic E-state index is 13.3. The number of fused-ring (bicyclic) bond motifs is 1. The van der Waals surface area contributed by atoms with Crippen molar-refractivity contribution in [3.63, 3.8) is 0 Å². The highest BCUT2D eigenvalue weighted by atomic mass is 32.2. The van der Waals surface area contributed by atoms with Gasteiger partial charge in [0.25, 0.3) is 5.91 Å². The van der Waals surface area contributed by atoms with Gasteiger partial charge in [-0.2, -0.15) is 0 Å². The number of carboxylic acids is 1. The lowest BCUT2D eigenvalue weighted by Crippen LogP contribution is -2.79. The molecule has 5 N–H and O–H groups in total. The predicted octanol–water partition coefficient (Wildman–Crippen LogP) is -0.832. The summed E-state index contributed by atoms with van der Waals surface area (Å²) in [5, 5.41) is 19.1. The monoisotopic (exact) mass is 504 g/mol. The quantitative estimate of drug-likeness (QED) is 0.236. The first kappa shape index (κ1) is 24.3. The van der Waals surface area contributed by atoms with E-state index in [1.54, 1.807) is 44.2 Å². The van der Waals surface area contributed by atoms with E-state index in [9.17, 15) is 33.9 Å². The van der Waals surface area contributed by atoms with Gasteiger partial charge in [0.15, 0.2) is 0 Å². The van der Waals surface area contributed by atoms with Crippen LogP contribution in [0.5, 0.6) is 0 Å². The van der Waals surface area contributed by atoms with E-state index in [2.05, 4.69) is 21.3 Å². The van der Waals surface area contributed by atoms with Gasteiger partial charge in [-0.1, -0.05) is 30.3 Å². The maximum absolute atomic E-state index is 13.3. The molecule has 0 aliphatic carbocycles. The van der Waals surface area contributed by atoms with Gasteiger partial charge in [0.2, 0.25) is 18.0 Å². The summed E-state index contributed by atoms with van der Waals surface area (Å²) in [6, 6.07) is 4.62. The Morgan fingerprint density at radius 2 is 1.91 bits per heavy atom. The summed E-state index contributed by atoms with van der Waals surface area (Å²) in [7, 11) is 0. The molecule has 3 aliphatic rings. The Morgan fingerprint density at radius 3 is 2.49 bits per heavy atom. The highest BCUT2D eigenvalue weighted by molar-refractivity contribution is 8.01. The summed E-state index contributed by atoms with van der Waals surface area (Å²) in [6.45, 7) is 3.59. The van der Waals surface area contributed by atoms with E-state index < -0.39 is 57.7 Å². The summed E-state index contributed by atoms with van der Waals surface area (Å²) in [4.78, 5) is 76.2. The van der Waals surface area contributed by atoms with E-state index in [1.165, 1.54) is 0 Å². The van der Waals surface area contributed by atoms with Crippen LogP contribution in [0.2, 0.25) is 0 Å². The second-order valence-corrected chi connectivity index (χ2v) is 10.4. The van der Waals surface area contributed by atoms with E-state index >= 15 is 0 Å². The first-order chi connectivity index (χ1) is 16.5. The molecule has 13 nitrogen and oxygen atoms in total. The largest absolute Gasteiger partial charge is 0.478 e. The molecule has 4 atom stereocenters. The smallest absolute Gasteiger partial charge is 0.352 e. The van der Waals surface area contributed by atoms with Crippen LogP contribution >= 0.6 is 11.8 Å². The molecule has 0 radical (unpaired) electrons. The maximum Gasteiger partial charge on any atom is 0.352 e. The number of benzene rings is 1. The van der Waals surface area contributed by atoms with E-state index in [0.717, 1.165) is 21.6 Å². The fourth-order valence-corrected chi connectivity index (χ4v) is 6.26. The van der Waals surface area contributed by atoms with Crippen molar-refractivity contribution >= 4 is 48.0 Å². The molecule has 14 heteroatoms. The number of carboxylic acid groups (broad SMARTS) is 1. The molecule has 3 fully saturated rings. The first-order valence-corrected chi connectivity index (χ1v) is 11.6. The second kappa shape index (κ2) is 8.76. The molecule has 1 unspecified atom stereocenters. The summed E-state index contributed by atoms with van der Waals surface area (Å²) >= 11 is 1.13. The van der Waals surface area contributed by atoms with Crippen molar-refractivity contribution in [1.29, 1.82) is 0 Å². The number of imide groups is 1. The fraction of sp³-hybridized carbons (Fsp3) is 0.429. The minimum Gasteiger partial charge on any atom is -0.478 e. The Hall–Kier alpha value is -3.81. The molecule has 7 amide bonds. The Bertz CT molecular complexity index is 1100. The van der Waals surface area contributed by atoms with Crippen LogP contribution in [0.3, 0.4) is 0 Å². The number of rotatable bonds is 7. The minimum absolute atomic E-state index is 0.138.